The predicted molar refractivity (Wildman–Crippen MR) is 99.8 cm³/mol. The van der Waals surface area contributed by atoms with Crippen molar-refractivity contribution < 1.29 is 23.0 Å². The van der Waals surface area contributed by atoms with Gasteiger partial charge < -0.3 is 14.8 Å². The number of aromatic nitrogens is 2. The van der Waals surface area contributed by atoms with Crippen LogP contribution in [-0.2, 0) is 6.73 Å². The van der Waals surface area contributed by atoms with E-state index >= 15 is 0 Å². The Morgan fingerprint density at radius 1 is 1.14 bits per heavy atom. The zero-order chi connectivity index (χ0) is 20.1. The van der Waals surface area contributed by atoms with Gasteiger partial charge in [0.2, 0.25) is 0 Å². The average molecular weight is 387 g/mol. The number of nitrogens with one attached hydrogen (secondary N) is 1. The number of nitrogens with zero attached hydrogens (tertiary/aromatic N) is 2. The number of carbonyl (C=O) groups excluding carboxylic acids is 1. The van der Waals surface area contributed by atoms with Crippen LogP contribution in [0.1, 0.15) is 21.6 Å². The van der Waals surface area contributed by atoms with E-state index in [-0.39, 0.29) is 23.9 Å². The van der Waals surface area contributed by atoms with Gasteiger partial charge in [-0.3, -0.25) is 4.79 Å². The van der Waals surface area contributed by atoms with Crippen molar-refractivity contribution in [2.45, 2.75) is 27.2 Å². The summed E-state index contributed by atoms with van der Waals surface area (Å²) in [6.07, 6.45) is 1.60. The number of ether oxygens (including phenoxy) is 2. The minimum Gasteiger partial charge on any atom is -0.471 e. The first kappa shape index (κ1) is 19.3. The van der Waals surface area contributed by atoms with Gasteiger partial charge in [-0.15, -0.1) is 0 Å². The Morgan fingerprint density at radius 2 is 1.93 bits per heavy atom. The van der Waals surface area contributed by atoms with Crippen LogP contribution in [0.5, 0.6) is 11.5 Å². The van der Waals surface area contributed by atoms with Crippen LogP contribution in [-0.4, -0.2) is 22.3 Å². The molecule has 0 aliphatic carbocycles. The maximum atomic E-state index is 12.5. The summed E-state index contributed by atoms with van der Waals surface area (Å²) in [6.45, 7) is 1.09. The van der Waals surface area contributed by atoms with Gasteiger partial charge in [0.1, 0.15) is 11.5 Å². The highest BCUT2D eigenvalue weighted by molar-refractivity contribution is 6.03. The number of rotatable bonds is 7. The number of carbonyl (C=O) groups is 1. The van der Waals surface area contributed by atoms with E-state index in [9.17, 15) is 13.6 Å². The normalized spacial score (nSPS) is 10.8. The summed E-state index contributed by atoms with van der Waals surface area (Å²) in [7, 11) is 0. The molecule has 0 aliphatic rings. The highest BCUT2D eigenvalue weighted by atomic mass is 19.3. The van der Waals surface area contributed by atoms with Crippen molar-refractivity contribution in [1.82, 2.24) is 9.78 Å². The molecular formula is C20H19F2N3O3. The molecule has 1 N–H and O–H groups in total. The van der Waals surface area contributed by atoms with Crippen LogP contribution in [0, 0.1) is 13.8 Å². The summed E-state index contributed by atoms with van der Waals surface area (Å²) in [5, 5.41) is 6.67. The second-order valence-electron chi connectivity index (χ2n) is 6.11. The second kappa shape index (κ2) is 8.51. The van der Waals surface area contributed by atoms with Crippen LogP contribution in [0.15, 0.2) is 54.7 Å². The maximum Gasteiger partial charge on any atom is 0.387 e. The van der Waals surface area contributed by atoms with E-state index in [4.69, 9.17) is 4.74 Å². The Labute approximate surface area is 160 Å². The molecule has 146 valence electrons. The number of hydrogen-bond acceptors (Lipinski definition) is 4. The first-order valence-corrected chi connectivity index (χ1v) is 8.51. The highest BCUT2D eigenvalue weighted by Gasteiger charge is 2.15. The molecule has 1 heterocycles. The summed E-state index contributed by atoms with van der Waals surface area (Å²) in [4.78, 5) is 12.4. The molecule has 3 aromatic rings. The molecule has 1 aromatic heterocycles. The van der Waals surface area contributed by atoms with Crippen LogP contribution in [0.25, 0.3) is 0 Å². The quantitative estimate of drug-likeness (QED) is 0.653. The molecule has 28 heavy (non-hydrogen) atoms. The lowest BCUT2D eigenvalue weighted by Gasteiger charge is -2.11. The van der Waals surface area contributed by atoms with Crippen molar-refractivity contribution in [3.8, 4) is 11.5 Å². The fourth-order valence-corrected chi connectivity index (χ4v) is 2.61. The molecule has 1 amide bonds. The van der Waals surface area contributed by atoms with Crippen molar-refractivity contribution >= 4 is 11.6 Å². The van der Waals surface area contributed by atoms with Gasteiger partial charge in [-0.1, -0.05) is 29.8 Å². The minimum absolute atomic E-state index is 0.121. The van der Waals surface area contributed by atoms with Crippen LogP contribution in [0.2, 0.25) is 0 Å². The Bertz CT molecular complexity index is 973. The molecule has 0 aliphatic heterocycles. The summed E-state index contributed by atoms with van der Waals surface area (Å²) in [5.41, 5.74) is 2.39. The smallest absolute Gasteiger partial charge is 0.387 e. The Morgan fingerprint density at radius 3 is 2.68 bits per heavy atom. The van der Waals surface area contributed by atoms with Gasteiger partial charge in [0, 0.05) is 6.20 Å². The summed E-state index contributed by atoms with van der Waals surface area (Å²) < 4.78 is 36.5. The van der Waals surface area contributed by atoms with Gasteiger partial charge in [0.25, 0.3) is 5.91 Å². The number of aryl methyl sites for hydroxylation is 2. The molecule has 3 rings (SSSR count). The first-order valence-electron chi connectivity index (χ1n) is 8.51. The SMILES string of the molecule is Cc1ccc(OCn2ccc(C(=O)Nc3ccccc3OC(F)F)n2)c(C)c1. The van der Waals surface area contributed by atoms with E-state index < -0.39 is 12.5 Å². The Balaban J connectivity index is 1.64. The van der Waals surface area contributed by atoms with Gasteiger partial charge in [-0.2, -0.15) is 13.9 Å². The van der Waals surface area contributed by atoms with E-state index in [1.807, 2.05) is 32.0 Å². The van der Waals surface area contributed by atoms with Crippen LogP contribution in [0.4, 0.5) is 14.5 Å². The van der Waals surface area contributed by atoms with E-state index in [0.717, 1.165) is 16.9 Å². The van der Waals surface area contributed by atoms with Crippen molar-refractivity contribution in [2.24, 2.45) is 0 Å². The van der Waals surface area contributed by atoms with Gasteiger partial charge in [-0.25, -0.2) is 4.68 Å². The third kappa shape index (κ3) is 4.85. The van der Waals surface area contributed by atoms with Gasteiger partial charge in [0.15, 0.2) is 12.4 Å². The van der Waals surface area contributed by atoms with E-state index in [0.29, 0.717) is 0 Å². The lowest BCUT2D eigenvalue weighted by Crippen LogP contribution is -2.15. The molecule has 0 atom stereocenters. The molecular weight excluding hydrogens is 368 g/mol. The van der Waals surface area contributed by atoms with Crippen LogP contribution >= 0.6 is 0 Å². The molecule has 0 spiro atoms. The van der Waals surface area contributed by atoms with Crippen molar-refractivity contribution in [3.63, 3.8) is 0 Å². The molecule has 0 radical (unpaired) electrons. The maximum absolute atomic E-state index is 12.5. The highest BCUT2D eigenvalue weighted by Crippen LogP contribution is 2.26. The van der Waals surface area contributed by atoms with Crippen LogP contribution < -0.4 is 14.8 Å². The van der Waals surface area contributed by atoms with Gasteiger partial charge in [-0.05, 0) is 43.7 Å². The molecule has 0 unspecified atom stereocenters. The molecule has 0 saturated carbocycles. The standard InChI is InChI=1S/C20H19F2N3O3/c1-13-7-8-17(14(2)11-13)27-12-25-10-9-16(24-25)19(26)23-15-5-3-4-6-18(15)28-20(21)22/h3-11,20H,12H2,1-2H3,(H,23,26). The zero-order valence-corrected chi connectivity index (χ0v) is 15.4. The fourth-order valence-electron chi connectivity index (χ4n) is 2.61. The molecule has 6 nitrogen and oxygen atoms in total. The van der Waals surface area contributed by atoms with Crippen molar-refractivity contribution in [3.05, 3.63) is 71.5 Å². The van der Waals surface area contributed by atoms with Gasteiger partial charge >= 0.3 is 6.61 Å². The Kier molecular flexibility index (Phi) is 5.88. The fraction of sp³-hybridized carbons (Fsp3) is 0.200. The average Bonchev–Trinajstić information content (AvgIpc) is 3.11. The number of anilines is 1. The number of amides is 1. The Hall–Kier alpha value is -3.42. The molecule has 0 saturated heterocycles. The van der Waals surface area contributed by atoms with Crippen LogP contribution in [0.3, 0.4) is 0 Å². The third-order valence-corrected chi connectivity index (χ3v) is 3.91. The number of benzene rings is 2. The first-order chi connectivity index (χ1) is 13.4. The van der Waals surface area contributed by atoms with E-state index in [1.165, 1.54) is 28.9 Å². The number of para-hydroxylation sites is 2. The summed E-state index contributed by atoms with van der Waals surface area (Å²) >= 11 is 0. The summed E-state index contributed by atoms with van der Waals surface area (Å²) in [5.74, 6) is 0.0595. The minimum atomic E-state index is -2.99. The van der Waals surface area contributed by atoms with E-state index in [2.05, 4.69) is 15.2 Å². The molecule has 2 aromatic carbocycles. The number of halogens is 2. The molecule has 8 heteroatoms. The monoisotopic (exact) mass is 387 g/mol. The summed E-state index contributed by atoms with van der Waals surface area (Å²) in [6, 6.07) is 13.3. The zero-order valence-electron chi connectivity index (χ0n) is 15.4. The largest absolute Gasteiger partial charge is 0.471 e. The predicted octanol–water partition coefficient (Wildman–Crippen LogP) is 4.39. The lowest BCUT2D eigenvalue weighted by molar-refractivity contribution is -0.0493. The van der Waals surface area contributed by atoms with Crippen molar-refractivity contribution in [2.75, 3.05) is 5.32 Å². The molecule has 0 fully saturated rings. The number of alkyl halides is 2. The lowest BCUT2D eigenvalue weighted by atomic mass is 10.1. The third-order valence-electron chi connectivity index (χ3n) is 3.91. The topological polar surface area (TPSA) is 65.4 Å². The molecule has 0 bridgehead atoms. The van der Waals surface area contributed by atoms with E-state index in [1.54, 1.807) is 12.3 Å². The van der Waals surface area contributed by atoms with Crippen molar-refractivity contribution in [1.29, 1.82) is 0 Å². The second-order valence-corrected chi connectivity index (χ2v) is 6.11. The number of hydrogen-bond donors (Lipinski definition) is 1. The van der Waals surface area contributed by atoms with Gasteiger partial charge in [0.05, 0.1) is 5.69 Å².